The van der Waals surface area contributed by atoms with Gasteiger partial charge in [0.25, 0.3) is 0 Å². The van der Waals surface area contributed by atoms with Crippen LogP contribution in [0.1, 0.15) is 5.76 Å². The molecule has 128 valence electrons. The van der Waals surface area contributed by atoms with Crippen LogP contribution in [0, 0.1) is 0 Å². The molecule has 0 aliphatic heterocycles. The van der Waals surface area contributed by atoms with E-state index in [1.807, 2.05) is 30.3 Å². The van der Waals surface area contributed by atoms with E-state index in [0.29, 0.717) is 37.1 Å². The zero-order valence-corrected chi connectivity index (χ0v) is 14.4. The minimum Gasteiger partial charge on any atom is -1.00 e. The molecule has 2 rings (SSSR count). The van der Waals surface area contributed by atoms with Crippen molar-refractivity contribution in [3.8, 4) is 17.1 Å². The van der Waals surface area contributed by atoms with Crippen molar-refractivity contribution in [2.45, 2.75) is 6.54 Å². The Balaban J connectivity index is 0.00000264. The maximum Gasteiger partial charge on any atom is 0.137 e. The van der Waals surface area contributed by atoms with Crippen LogP contribution in [-0.2, 0) is 11.3 Å². The van der Waals surface area contributed by atoms with Gasteiger partial charge in [-0.3, -0.25) is 0 Å². The van der Waals surface area contributed by atoms with E-state index < -0.39 is 0 Å². The van der Waals surface area contributed by atoms with Gasteiger partial charge in [0.1, 0.15) is 17.3 Å². The van der Waals surface area contributed by atoms with Crippen molar-refractivity contribution < 1.29 is 31.4 Å². The summed E-state index contributed by atoms with van der Waals surface area (Å²) in [7, 11) is 1.59. The van der Waals surface area contributed by atoms with Crippen LogP contribution in [0.5, 0.6) is 5.75 Å². The Morgan fingerprint density at radius 2 is 2.04 bits per heavy atom. The Labute approximate surface area is 147 Å². The molecule has 0 saturated heterocycles. The van der Waals surface area contributed by atoms with E-state index in [-0.39, 0.29) is 19.0 Å². The van der Waals surface area contributed by atoms with Crippen LogP contribution < -0.4 is 22.5 Å². The molecule has 0 bridgehead atoms. The summed E-state index contributed by atoms with van der Waals surface area (Å²) in [5, 5.41) is 12.3. The molecule has 23 heavy (non-hydrogen) atoms. The number of rotatable bonds is 9. The molecule has 1 heterocycles. The highest BCUT2D eigenvalue weighted by Crippen LogP contribution is 2.30. The molecule has 0 spiro atoms. The Morgan fingerprint density at radius 1 is 1.22 bits per heavy atom. The van der Waals surface area contributed by atoms with Gasteiger partial charge in [0, 0.05) is 12.1 Å². The summed E-state index contributed by atoms with van der Waals surface area (Å²) in [6.07, 6.45) is 0. The zero-order valence-electron chi connectivity index (χ0n) is 12.9. The summed E-state index contributed by atoms with van der Waals surface area (Å²) < 4.78 is 16.1. The number of hydrogen-bond acceptors (Lipinski definition) is 5. The highest BCUT2D eigenvalue weighted by atomic mass is 35.5. The molecule has 0 unspecified atom stereocenters. The van der Waals surface area contributed by atoms with E-state index in [9.17, 15) is 0 Å². The third kappa shape index (κ3) is 6.05. The molecule has 0 radical (unpaired) electrons. The number of aliphatic hydroxyl groups excluding tert-OH is 1. The molecule has 2 aromatic rings. The Morgan fingerprint density at radius 3 is 2.74 bits per heavy atom. The van der Waals surface area contributed by atoms with Crippen molar-refractivity contribution in [1.29, 1.82) is 0 Å². The predicted molar refractivity (Wildman–Crippen MR) is 85.3 cm³/mol. The van der Waals surface area contributed by atoms with Crippen LogP contribution in [0.15, 0.2) is 34.7 Å². The summed E-state index contributed by atoms with van der Waals surface area (Å²) in [4.78, 5) is 0. The topological polar surface area (TPSA) is 63.9 Å². The SMILES string of the molecule is COc1ccc(-c2ccc(CNCCOCCO)o2)cc1Cl.[Cl-]. The first kappa shape index (κ1) is 19.8. The molecule has 0 aliphatic rings. The van der Waals surface area contributed by atoms with Crippen molar-refractivity contribution in [2.24, 2.45) is 0 Å². The van der Waals surface area contributed by atoms with Crippen LogP contribution in [0.4, 0.5) is 0 Å². The highest BCUT2D eigenvalue weighted by Gasteiger charge is 2.08. The number of furan rings is 1. The molecule has 7 heteroatoms. The van der Waals surface area contributed by atoms with Crippen LogP contribution in [0.25, 0.3) is 11.3 Å². The van der Waals surface area contributed by atoms with Crippen LogP contribution in [0.3, 0.4) is 0 Å². The molecular weight excluding hydrogens is 341 g/mol. The number of hydrogen-bond donors (Lipinski definition) is 2. The first-order chi connectivity index (χ1) is 10.7. The molecule has 0 aliphatic carbocycles. The van der Waals surface area contributed by atoms with Crippen molar-refractivity contribution in [2.75, 3.05) is 33.5 Å². The Kier molecular flexibility index (Phi) is 9.06. The molecule has 0 saturated carbocycles. The van der Waals surface area contributed by atoms with Gasteiger partial charge in [-0.2, -0.15) is 0 Å². The lowest BCUT2D eigenvalue weighted by molar-refractivity contribution is -0.00000647. The van der Waals surface area contributed by atoms with E-state index in [1.165, 1.54) is 0 Å². The van der Waals surface area contributed by atoms with E-state index in [2.05, 4.69) is 5.32 Å². The average molecular weight is 361 g/mol. The van der Waals surface area contributed by atoms with Crippen LogP contribution in [0.2, 0.25) is 5.02 Å². The average Bonchev–Trinajstić information content (AvgIpc) is 2.99. The van der Waals surface area contributed by atoms with Crippen molar-refractivity contribution in [1.82, 2.24) is 5.32 Å². The molecule has 0 fully saturated rings. The maximum absolute atomic E-state index is 8.59. The maximum atomic E-state index is 8.59. The van der Waals surface area contributed by atoms with E-state index in [4.69, 9.17) is 30.6 Å². The fourth-order valence-corrected chi connectivity index (χ4v) is 2.23. The summed E-state index contributed by atoms with van der Waals surface area (Å²) >= 11 is 6.12. The quantitative estimate of drug-likeness (QED) is 0.601. The zero-order chi connectivity index (χ0) is 15.8. The normalized spacial score (nSPS) is 10.4. The van der Waals surface area contributed by atoms with E-state index in [0.717, 1.165) is 17.1 Å². The first-order valence-electron chi connectivity index (χ1n) is 7.06. The Bertz CT molecular complexity index is 589. The van der Waals surface area contributed by atoms with Gasteiger partial charge in [0.05, 0.1) is 38.5 Å². The lowest BCUT2D eigenvalue weighted by Crippen LogP contribution is -3.00. The van der Waals surface area contributed by atoms with E-state index in [1.54, 1.807) is 7.11 Å². The van der Waals surface area contributed by atoms with Crippen molar-refractivity contribution >= 4 is 11.6 Å². The lowest BCUT2D eigenvalue weighted by Gasteiger charge is -2.05. The molecule has 1 aromatic carbocycles. The first-order valence-corrected chi connectivity index (χ1v) is 7.44. The van der Waals surface area contributed by atoms with Crippen molar-refractivity contribution in [3.05, 3.63) is 41.1 Å². The second kappa shape index (κ2) is 10.5. The van der Waals surface area contributed by atoms with Gasteiger partial charge in [-0.05, 0) is 30.3 Å². The third-order valence-electron chi connectivity index (χ3n) is 3.06. The number of benzene rings is 1. The molecule has 0 atom stereocenters. The molecule has 0 amide bonds. The van der Waals surface area contributed by atoms with Crippen molar-refractivity contribution in [3.63, 3.8) is 0 Å². The fourth-order valence-electron chi connectivity index (χ4n) is 1.97. The predicted octanol–water partition coefficient (Wildman–Crippen LogP) is -0.289. The Hall–Kier alpha value is -1.24. The summed E-state index contributed by atoms with van der Waals surface area (Å²) in [5.74, 6) is 2.24. The van der Waals surface area contributed by atoms with Gasteiger partial charge in [-0.1, -0.05) is 11.6 Å². The van der Waals surface area contributed by atoms with Gasteiger partial charge in [0.2, 0.25) is 0 Å². The smallest absolute Gasteiger partial charge is 0.137 e. The standard InChI is InChI=1S/C16H20ClNO4.ClH/c1-20-16-4-2-12(10-14(16)17)15-5-3-13(22-15)11-18-6-8-21-9-7-19;/h2-5,10,18-19H,6-9,11H2,1H3;1H/p-1. The number of ether oxygens (including phenoxy) is 2. The van der Waals surface area contributed by atoms with Crippen LogP contribution in [-0.4, -0.2) is 38.6 Å². The molecule has 5 nitrogen and oxygen atoms in total. The summed E-state index contributed by atoms with van der Waals surface area (Å²) in [6, 6.07) is 9.38. The number of halogens is 2. The van der Waals surface area contributed by atoms with Gasteiger partial charge >= 0.3 is 0 Å². The second-order valence-electron chi connectivity index (χ2n) is 4.63. The second-order valence-corrected chi connectivity index (χ2v) is 5.04. The lowest BCUT2D eigenvalue weighted by atomic mass is 10.2. The van der Waals surface area contributed by atoms with Gasteiger partial charge in [0.15, 0.2) is 0 Å². The minimum absolute atomic E-state index is 0. The largest absolute Gasteiger partial charge is 1.00 e. The number of methoxy groups -OCH3 is 1. The molecule has 1 aromatic heterocycles. The van der Waals surface area contributed by atoms with E-state index >= 15 is 0 Å². The summed E-state index contributed by atoms with van der Waals surface area (Å²) in [6.45, 7) is 2.29. The highest BCUT2D eigenvalue weighted by molar-refractivity contribution is 6.32. The van der Waals surface area contributed by atoms with Gasteiger partial charge in [-0.25, -0.2) is 0 Å². The monoisotopic (exact) mass is 360 g/mol. The van der Waals surface area contributed by atoms with Gasteiger partial charge in [-0.15, -0.1) is 0 Å². The summed E-state index contributed by atoms with van der Waals surface area (Å²) in [5.41, 5.74) is 0.906. The van der Waals surface area contributed by atoms with Gasteiger partial charge < -0.3 is 36.7 Å². The molecular formula is C16H20Cl2NO4-. The van der Waals surface area contributed by atoms with Crippen LogP contribution >= 0.6 is 11.6 Å². The minimum atomic E-state index is 0. The fraction of sp³-hybridized carbons (Fsp3) is 0.375. The third-order valence-corrected chi connectivity index (χ3v) is 3.35. The number of nitrogens with one attached hydrogen (secondary N) is 1. The molecule has 2 N–H and O–H groups in total. The number of aliphatic hydroxyl groups is 1.